The van der Waals surface area contributed by atoms with Gasteiger partial charge in [-0.3, -0.25) is 0 Å². The molecule has 1 aromatic heterocycles. The molecule has 1 heterocycles. The van der Waals surface area contributed by atoms with E-state index in [0.717, 1.165) is 24.4 Å². The second kappa shape index (κ2) is 8.39. The van der Waals surface area contributed by atoms with E-state index in [1.165, 1.54) is 54.0 Å². The predicted molar refractivity (Wildman–Crippen MR) is 116 cm³/mol. The van der Waals surface area contributed by atoms with Crippen LogP contribution in [0.2, 0.25) is 0 Å². The Morgan fingerprint density at radius 3 is 2.59 bits per heavy atom. The van der Waals surface area contributed by atoms with Gasteiger partial charge in [0, 0.05) is 30.6 Å². The molecule has 0 unspecified atom stereocenters. The quantitative estimate of drug-likeness (QED) is 0.467. The zero-order valence-electron chi connectivity index (χ0n) is 16.4. The molecule has 4 rings (SSSR count). The van der Waals surface area contributed by atoms with Gasteiger partial charge in [0.2, 0.25) is 0 Å². The van der Waals surface area contributed by atoms with Crippen LogP contribution in [0.3, 0.4) is 0 Å². The van der Waals surface area contributed by atoms with E-state index in [1.54, 1.807) is 11.9 Å². The monoisotopic (exact) mass is 379 g/mol. The van der Waals surface area contributed by atoms with Gasteiger partial charge in [-0.05, 0) is 61.0 Å². The fourth-order valence-electron chi connectivity index (χ4n) is 4.16. The average Bonchev–Trinajstić information content (AvgIpc) is 3.06. The molecule has 0 bridgehead atoms. The van der Waals surface area contributed by atoms with Crippen molar-refractivity contribution in [2.45, 2.75) is 56.9 Å². The Balaban J connectivity index is 1.58. The summed E-state index contributed by atoms with van der Waals surface area (Å²) < 4.78 is 4.71. The van der Waals surface area contributed by atoms with Crippen molar-refractivity contribution >= 4 is 28.7 Å². The van der Waals surface area contributed by atoms with Gasteiger partial charge in [0.25, 0.3) is 0 Å². The number of aryl methyl sites for hydroxylation is 1. The van der Waals surface area contributed by atoms with E-state index in [-0.39, 0.29) is 0 Å². The van der Waals surface area contributed by atoms with E-state index < -0.39 is 0 Å². The summed E-state index contributed by atoms with van der Waals surface area (Å²) in [4.78, 5) is 6.22. The van der Waals surface area contributed by atoms with Gasteiger partial charge in [0.15, 0.2) is 0 Å². The normalized spacial score (nSPS) is 15.3. The number of anilines is 1. The molecule has 1 saturated carbocycles. The van der Waals surface area contributed by atoms with Gasteiger partial charge in [0.05, 0.1) is 11.0 Å². The van der Waals surface area contributed by atoms with Crippen molar-refractivity contribution in [1.82, 2.24) is 9.55 Å². The highest BCUT2D eigenvalue weighted by Gasteiger charge is 2.18. The van der Waals surface area contributed by atoms with Gasteiger partial charge in [-0.1, -0.05) is 44.4 Å². The molecule has 2 aromatic carbocycles. The highest BCUT2D eigenvalue weighted by atomic mass is 32.2. The summed E-state index contributed by atoms with van der Waals surface area (Å²) in [5.41, 5.74) is 3.61. The first-order chi connectivity index (χ1) is 13.2. The molecule has 142 valence electrons. The largest absolute Gasteiger partial charge is 0.328 e. The fourth-order valence-corrected chi connectivity index (χ4v) is 4.97. The lowest BCUT2D eigenvalue weighted by atomic mass is 9.89. The molecule has 3 aromatic rings. The Kier molecular flexibility index (Phi) is 5.72. The van der Waals surface area contributed by atoms with Crippen molar-refractivity contribution in [3.05, 3.63) is 54.4 Å². The van der Waals surface area contributed by atoms with Gasteiger partial charge < -0.3 is 8.87 Å². The van der Waals surface area contributed by atoms with E-state index in [0.29, 0.717) is 0 Å². The van der Waals surface area contributed by atoms with E-state index in [9.17, 15) is 0 Å². The van der Waals surface area contributed by atoms with Gasteiger partial charge in [-0.15, -0.1) is 0 Å². The van der Waals surface area contributed by atoms with E-state index in [1.807, 2.05) is 0 Å². The third kappa shape index (κ3) is 4.16. The smallest absolute Gasteiger partial charge is 0.109 e. The second-order valence-corrected chi connectivity index (χ2v) is 8.77. The second-order valence-electron chi connectivity index (χ2n) is 7.57. The Labute approximate surface area is 166 Å². The minimum absolute atomic E-state index is 0.817. The Morgan fingerprint density at radius 2 is 1.85 bits per heavy atom. The molecule has 1 fully saturated rings. The van der Waals surface area contributed by atoms with Gasteiger partial charge in [-0.2, -0.15) is 0 Å². The maximum atomic E-state index is 4.97. The molecule has 0 saturated heterocycles. The molecule has 1 aliphatic carbocycles. The van der Waals surface area contributed by atoms with E-state index in [4.69, 9.17) is 4.98 Å². The summed E-state index contributed by atoms with van der Waals surface area (Å²) in [7, 11) is 2.12. The van der Waals surface area contributed by atoms with Crippen LogP contribution in [-0.4, -0.2) is 16.6 Å². The lowest BCUT2D eigenvalue weighted by molar-refractivity contribution is 0.319. The van der Waals surface area contributed by atoms with Crippen molar-refractivity contribution in [3.8, 4) is 0 Å². The van der Waals surface area contributed by atoms with Crippen molar-refractivity contribution in [1.29, 1.82) is 0 Å². The molecular formula is C23H29N3S. The van der Waals surface area contributed by atoms with Crippen LogP contribution in [0.25, 0.3) is 11.0 Å². The van der Waals surface area contributed by atoms with E-state index in [2.05, 4.69) is 71.4 Å². The third-order valence-electron chi connectivity index (χ3n) is 5.64. The molecule has 0 spiro atoms. The molecule has 0 atom stereocenters. The maximum Gasteiger partial charge on any atom is 0.109 e. The van der Waals surface area contributed by atoms with Crippen LogP contribution in [0.5, 0.6) is 0 Å². The molecule has 1 aliphatic rings. The zero-order chi connectivity index (χ0) is 18.6. The summed E-state index contributed by atoms with van der Waals surface area (Å²) >= 11 is 1.75. The van der Waals surface area contributed by atoms with Crippen molar-refractivity contribution in [3.63, 3.8) is 0 Å². The number of benzene rings is 2. The fraction of sp³-hybridized carbons (Fsp3) is 0.435. The highest BCUT2D eigenvalue weighted by molar-refractivity contribution is 8.00. The first-order valence-corrected chi connectivity index (χ1v) is 11.0. The van der Waals surface area contributed by atoms with Crippen LogP contribution < -0.4 is 4.31 Å². The lowest BCUT2D eigenvalue weighted by Crippen LogP contribution is -2.15. The van der Waals surface area contributed by atoms with Crippen LogP contribution in [-0.2, 0) is 13.0 Å². The van der Waals surface area contributed by atoms with Crippen LogP contribution in [0.4, 0.5) is 5.69 Å². The number of imidazole rings is 1. The SMILES string of the molecule is CCc1nc2cc(N(C)Sc3ccccc3)ccc2n1CC1CCCCC1. The van der Waals surface area contributed by atoms with Crippen molar-refractivity contribution in [2.75, 3.05) is 11.4 Å². The van der Waals surface area contributed by atoms with Crippen LogP contribution in [0, 0.1) is 5.92 Å². The number of nitrogens with zero attached hydrogens (tertiary/aromatic N) is 3. The summed E-state index contributed by atoms with van der Waals surface area (Å²) in [5.74, 6) is 2.04. The highest BCUT2D eigenvalue weighted by Crippen LogP contribution is 2.31. The number of aromatic nitrogens is 2. The third-order valence-corrected chi connectivity index (χ3v) is 6.61. The first kappa shape index (κ1) is 18.4. The van der Waals surface area contributed by atoms with Crippen LogP contribution in [0.15, 0.2) is 53.4 Å². The number of rotatable bonds is 6. The molecule has 27 heavy (non-hydrogen) atoms. The molecule has 3 nitrogen and oxygen atoms in total. The molecule has 0 radical (unpaired) electrons. The summed E-state index contributed by atoms with van der Waals surface area (Å²) in [6.45, 7) is 3.35. The number of hydrogen-bond donors (Lipinski definition) is 0. The molecule has 0 amide bonds. The zero-order valence-corrected chi connectivity index (χ0v) is 17.2. The van der Waals surface area contributed by atoms with Crippen LogP contribution in [0.1, 0.15) is 44.9 Å². The van der Waals surface area contributed by atoms with Crippen LogP contribution >= 0.6 is 11.9 Å². The predicted octanol–water partition coefficient (Wildman–Crippen LogP) is 6.32. The topological polar surface area (TPSA) is 21.1 Å². The van der Waals surface area contributed by atoms with Gasteiger partial charge in [0.1, 0.15) is 5.82 Å². The lowest BCUT2D eigenvalue weighted by Gasteiger charge is -2.23. The molecule has 0 N–H and O–H groups in total. The van der Waals surface area contributed by atoms with Gasteiger partial charge >= 0.3 is 0 Å². The minimum atomic E-state index is 0.817. The van der Waals surface area contributed by atoms with E-state index >= 15 is 0 Å². The number of fused-ring (bicyclic) bond motifs is 1. The average molecular weight is 380 g/mol. The van der Waals surface area contributed by atoms with Gasteiger partial charge in [-0.25, -0.2) is 4.98 Å². The van der Waals surface area contributed by atoms with Crippen molar-refractivity contribution < 1.29 is 0 Å². The Morgan fingerprint density at radius 1 is 1.07 bits per heavy atom. The standard InChI is InChI=1S/C23H29N3S/c1-3-23-24-21-16-19(25(2)27-20-12-8-5-9-13-20)14-15-22(21)26(23)17-18-10-6-4-7-11-18/h5,8-9,12-16,18H,3-4,6-7,10-11,17H2,1-2H3. The molecular weight excluding hydrogens is 350 g/mol. The number of hydrogen-bond acceptors (Lipinski definition) is 3. The molecule has 4 heteroatoms. The summed E-state index contributed by atoms with van der Waals surface area (Å²) in [6.07, 6.45) is 7.94. The Bertz CT molecular complexity index is 881. The molecule has 0 aliphatic heterocycles. The van der Waals surface area contributed by atoms with Crippen molar-refractivity contribution in [2.24, 2.45) is 5.92 Å². The first-order valence-electron chi connectivity index (χ1n) is 10.2. The Hall–Kier alpha value is -1.94. The maximum absolute atomic E-state index is 4.97. The summed E-state index contributed by atoms with van der Waals surface area (Å²) in [6, 6.07) is 17.3. The minimum Gasteiger partial charge on any atom is -0.328 e. The summed E-state index contributed by atoms with van der Waals surface area (Å²) in [5, 5.41) is 0.